The highest BCUT2D eigenvalue weighted by atomic mass is 35.5. The number of pyridine rings is 1. The molecule has 2 unspecified atom stereocenters. The molecule has 0 bridgehead atoms. The lowest BCUT2D eigenvalue weighted by molar-refractivity contribution is -0.147. The van der Waals surface area contributed by atoms with Crippen molar-refractivity contribution in [2.45, 2.75) is 26.6 Å². The van der Waals surface area contributed by atoms with Gasteiger partial charge in [-0.15, -0.1) is 0 Å². The van der Waals surface area contributed by atoms with Gasteiger partial charge in [-0.25, -0.2) is 13.8 Å². The van der Waals surface area contributed by atoms with Crippen LogP contribution in [0, 0.1) is 34.8 Å². The van der Waals surface area contributed by atoms with Crippen molar-refractivity contribution in [2.75, 3.05) is 0 Å². The molecule has 0 saturated heterocycles. The lowest BCUT2D eigenvalue weighted by Gasteiger charge is -2.07. The number of hydrogen-bond acceptors (Lipinski definition) is 3. The summed E-state index contributed by atoms with van der Waals surface area (Å²) in [7, 11) is 0. The van der Waals surface area contributed by atoms with Crippen LogP contribution in [0.15, 0.2) is 17.3 Å². The van der Waals surface area contributed by atoms with Crippen molar-refractivity contribution in [2.24, 2.45) is 17.3 Å². The van der Waals surface area contributed by atoms with Gasteiger partial charge in [0.15, 0.2) is 11.6 Å². The molecule has 1 aliphatic rings. The minimum absolute atomic E-state index is 0.428. The predicted octanol–water partition coefficient (Wildman–Crippen LogP) is 4.50. The first kappa shape index (κ1) is 19.6. The van der Waals surface area contributed by atoms with Crippen molar-refractivity contribution in [1.29, 1.82) is 0 Å². The number of carbonyl (C=O) groups is 1. The Labute approximate surface area is 143 Å². The van der Waals surface area contributed by atoms with Gasteiger partial charge in [-0.2, -0.15) is 17.6 Å². The van der Waals surface area contributed by atoms with E-state index in [1.54, 1.807) is 0 Å². The summed E-state index contributed by atoms with van der Waals surface area (Å²) in [4.78, 5) is 14.8. The summed E-state index contributed by atoms with van der Waals surface area (Å²) < 4.78 is 82.0. The zero-order chi connectivity index (χ0) is 19.2. The molecule has 0 radical (unpaired) electrons. The number of esters is 1. The zero-order valence-electron chi connectivity index (χ0n) is 12.9. The Morgan fingerprint density at radius 1 is 1.36 bits per heavy atom. The van der Waals surface area contributed by atoms with Crippen LogP contribution in [0.4, 0.5) is 26.3 Å². The van der Waals surface area contributed by atoms with Gasteiger partial charge in [0.25, 0.3) is 0 Å². The number of hydrogen-bond donors (Lipinski definition) is 0. The van der Waals surface area contributed by atoms with E-state index in [9.17, 15) is 31.1 Å². The quantitative estimate of drug-likeness (QED) is 0.434. The lowest BCUT2D eigenvalue weighted by atomic mass is 10.1. The SMILES string of the molecule is CC1(C)C(/C=C(/Cl)C(F)(F)F)C1C(=O)OCc1c(F)cnc(F)c1F. The largest absolute Gasteiger partial charge is 0.460 e. The van der Waals surface area contributed by atoms with E-state index in [1.165, 1.54) is 13.8 Å². The molecule has 2 rings (SSSR count). The average molecular weight is 388 g/mol. The number of ether oxygens (including phenoxy) is 1. The summed E-state index contributed by atoms with van der Waals surface area (Å²) in [6.07, 6.45) is -3.60. The van der Waals surface area contributed by atoms with Gasteiger partial charge in [-0.05, 0) is 11.3 Å². The number of rotatable bonds is 4. The Morgan fingerprint density at radius 3 is 2.52 bits per heavy atom. The Morgan fingerprint density at radius 2 is 1.96 bits per heavy atom. The highest BCUT2D eigenvalue weighted by Gasteiger charge is 2.62. The molecule has 0 aromatic carbocycles. The van der Waals surface area contributed by atoms with Gasteiger partial charge in [-0.3, -0.25) is 4.79 Å². The molecule has 3 nitrogen and oxygen atoms in total. The van der Waals surface area contributed by atoms with E-state index in [-0.39, 0.29) is 0 Å². The number of carbonyl (C=O) groups excluding carboxylic acids is 1. The van der Waals surface area contributed by atoms with Gasteiger partial charge in [0.05, 0.1) is 17.7 Å². The van der Waals surface area contributed by atoms with Gasteiger partial charge in [0, 0.05) is 0 Å². The fraction of sp³-hybridized carbons (Fsp3) is 0.467. The highest BCUT2D eigenvalue weighted by Crippen LogP contribution is 2.60. The molecule has 1 saturated carbocycles. The third kappa shape index (κ3) is 3.91. The Kier molecular flexibility index (Phi) is 5.09. The maximum absolute atomic E-state index is 13.4. The Bertz CT molecular complexity index is 731. The van der Waals surface area contributed by atoms with Crippen molar-refractivity contribution >= 4 is 17.6 Å². The maximum Gasteiger partial charge on any atom is 0.426 e. The third-order valence-corrected chi connectivity index (χ3v) is 4.49. The molecule has 138 valence electrons. The molecular formula is C15H12ClF6NO2. The number of nitrogens with zero attached hydrogens (tertiary/aromatic N) is 1. The second-order valence-corrected chi connectivity index (χ2v) is 6.54. The Hall–Kier alpha value is -1.77. The van der Waals surface area contributed by atoms with Gasteiger partial charge >= 0.3 is 12.1 Å². The zero-order valence-corrected chi connectivity index (χ0v) is 13.7. The minimum atomic E-state index is -4.74. The Balaban J connectivity index is 2.09. The molecule has 0 amide bonds. The fourth-order valence-electron chi connectivity index (χ4n) is 2.53. The van der Waals surface area contributed by atoms with E-state index in [0.717, 1.165) is 0 Å². The molecule has 1 aromatic heterocycles. The van der Waals surface area contributed by atoms with Crippen molar-refractivity contribution in [3.8, 4) is 0 Å². The van der Waals surface area contributed by atoms with Crippen LogP contribution >= 0.6 is 11.6 Å². The molecule has 1 fully saturated rings. The molecule has 1 heterocycles. The van der Waals surface area contributed by atoms with Crippen molar-refractivity contribution < 1.29 is 35.9 Å². The molecule has 0 spiro atoms. The fourth-order valence-corrected chi connectivity index (χ4v) is 2.67. The van der Waals surface area contributed by atoms with Gasteiger partial charge in [0.1, 0.15) is 11.6 Å². The number of halogens is 7. The van der Waals surface area contributed by atoms with Crippen LogP contribution < -0.4 is 0 Å². The van der Waals surface area contributed by atoms with Crippen LogP contribution in [-0.4, -0.2) is 17.1 Å². The van der Waals surface area contributed by atoms with Gasteiger partial charge < -0.3 is 4.74 Å². The van der Waals surface area contributed by atoms with Crippen molar-refractivity contribution in [1.82, 2.24) is 4.98 Å². The van der Waals surface area contributed by atoms with Gasteiger partial charge in [-0.1, -0.05) is 31.5 Å². The van der Waals surface area contributed by atoms with Crippen LogP contribution in [-0.2, 0) is 16.1 Å². The topological polar surface area (TPSA) is 39.2 Å². The van der Waals surface area contributed by atoms with E-state index in [0.29, 0.717) is 12.3 Å². The van der Waals surface area contributed by atoms with E-state index in [1.807, 2.05) is 0 Å². The van der Waals surface area contributed by atoms with Crippen molar-refractivity contribution in [3.63, 3.8) is 0 Å². The molecule has 2 atom stereocenters. The summed E-state index contributed by atoms with van der Waals surface area (Å²) >= 11 is 5.16. The standard InChI is InChI=1S/C15H12ClF6NO2/c1-14(2)7(3-9(16)15(20,21)22)10(14)13(24)25-5-6-8(17)4-23-12(19)11(6)18/h3-4,7,10H,5H2,1-2H3/b9-3+. The second-order valence-electron chi connectivity index (χ2n) is 6.13. The molecule has 1 aliphatic carbocycles. The monoisotopic (exact) mass is 387 g/mol. The van der Waals surface area contributed by atoms with Crippen LogP contribution in [0.3, 0.4) is 0 Å². The summed E-state index contributed by atoms with van der Waals surface area (Å²) in [6, 6.07) is 0. The van der Waals surface area contributed by atoms with Crippen molar-refractivity contribution in [3.05, 3.63) is 40.5 Å². The first-order valence-electron chi connectivity index (χ1n) is 6.97. The molecule has 10 heteroatoms. The number of aromatic nitrogens is 1. The van der Waals surface area contributed by atoms with E-state index in [2.05, 4.69) is 4.98 Å². The number of allylic oxidation sites excluding steroid dienone is 2. The summed E-state index contributed by atoms with van der Waals surface area (Å²) in [5, 5.41) is -1.37. The molecule has 0 N–H and O–H groups in total. The summed E-state index contributed by atoms with van der Waals surface area (Å²) in [5.74, 6) is -7.15. The molecule has 1 aromatic rings. The van der Waals surface area contributed by atoms with Crippen LogP contribution in [0.1, 0.15) is 19.4 Å². The molecule has 0 aliphatic heterocycles. The van der Waals surface area contributed by atoms with Crippen LogP contribution in [0.5, 0.6) is 0 Å². The number of alkyl halides is 3. The van der Waals surface area contributed by atoms with E-state index >= 15 is 0 Å². The maximum atomic E-state index is 13.4. The summed E-state index contributed by atoms with van der Waals surface area (Å²) in [5.41, 5.74) is -1.71. The lowest BCUT2D eigenvalue weighted by Crippen LogP contribution is -2.13. The molecule has 25 heavy (non-hydrogen) atoms. The first-order valence-corrected chi connectivity index (χ1v) is 7.34. The third-order valence-electron chi connectivity index (χ3n) is 4.15. The highest BCUT2D eigenvalue weighted by molar-refractivity contribution is 6.30. The second kappa shape index (κ2) is 6.51. The van der Waals surface area contributed by atoms with E-state index in [4.69, 9.17) is 16.3 Å². The van der Waals surface area contributed by atoms with Crippen LogP contribution in [0.2, 0.25) is 0 Å². The smallest absolute Gasteiger partial charge is 0.426 e. The van der Waals surface area contributed by atoms with Crippen LogP contribution in [0.25, 0.3) is 0 Å². The normalized spacial score (nSPS) is 22.7. The van der Waals surface area contributed by atoms with Gasteiger partial charge in [0.2, 0.25) is 5.95 Å². The molecular weight excluding hydrogens is 376 g/mol. The van der Waals surface area contributed by atoms with E-state index < -0.39 is 64.2 Å². The first-order chi connectivity index (χ1) is 11.4. The predicted molar refractivity (Wildman–Crippen MR) is 74.7 cm³/mol. The minimum Gasteiger partial charge on any atom is -0.460 e. The average Bonchev–Trinajstić information content (AvgIpc) is 3.02. The summed E-state index contributed by atoms with van der Waals surface area (Å²) in [6.45, 7) is 2.13.